The van der Waals surface area contributed by atoms with E-state index >= 15 is 0 Å². The van der Waals surface area contributed by atoms with Gasteiger partial charge in [-0.2, -0.15) is 0 Å². The summed E-state index contributed by atoms with van der Waals surface area (Å²) in [5.74, 6) is 0. The summed E-state index contributed by atoms with van der Waals surface area (Å²) in [5, 5.41) is 3.35. The fourth-order valence-corrected chi connectivity index (χ4v) is 2.79. The minimum absolute atomic E-state index is 0.113. The maximum absolute atomic E-state index is 11.7. The van der Waals surface area contributed by atoms with Crippen molar-refractivity contribution in [3.8, 4) is 0 Å². The second kappa shape index (κ2) is 2.90. The predicted octanol–water partition coefficient (Wildman–Crippen LogP) is 1.96. The van der Waals surface area contributed by atoms with Gasteiger partial charge in [0.2, 0.25) is 0 Å². The SMILES string of the molecule is CCC1Nc2ccccc2S1=O. The molecule has 1 aromatic rings. The maximum atomic E-state index is 11.7. The average Bonchev–Trinajstić information content (AvgIpc) is 2.44. The van der Waals surface area contributed by atoms with Crippen LogP contribution in [-0.2, 0) is 10.8 Å². The first-order valence-corrected chi connectivity index (χ1v) is 5.30. The summed E-state index contributed by atoms with van der Waals surface area (Å²) in [5.41, 5.74) is 1.03. The van der Waals surface area contributed by atoms with Crippen molar-refractivity contribution < 1.29 is 4.21 Å². The Balaban J connectivity index is 2.42. The fraction of sp³-hybridized carbons (Fsp3) is 0.333. The van der Waals surface area contributed by atoms with Gasteiger partial charge >= 0.3 is 0 Å². The van der Waals surface area contributed by atoms with Crippen LogP contribution in [0, 0.1) is 0 Å². The second-order valence-corrected chi connectivity index (χ2v) is 4.44. The monoisotopic (exact) mass is 181 g/mol. The lowest BCUT2D eigenvalue weighted by Crippen LogP contribution is -2.15. The van der Waals surface area contributed by atoms with Crippen molar-refractivity contribution >= 4 is 16.5 Å². The van der Waals surface area contributed by atoms with E-state index < -0.39 is 10.8 Å². The molecular weight excluding hydrogens is 170 g/mol. The molecule has 1 aliphatic rings. The molecule has 64 valence electrons. The van der Waals surface area contributed by atoms with E-state index in [1.807, 2.05) is 31.2 Å². The molecule has 0 radical (unpaired) electrons. The van der Waals surface area contributed by atoms with Crippen LogP contribution in [0.25, 0.3) is 0 Å². The van der Waals surface area contributed by atoms with Crippen LogP contribution in [0.3, 0.4) is 0 Å². The van der Waals surface area contributed by atoms with Crippen molar-refractivity contribution in [3.05, 3.63) is 24.3 Å². The minimum atomic E-state index is -0.847. The highest BCUT2D eigenvalue weighted by Gasteiger charge is 2.25. The van der Waals surface area contributed by atoms with Crippen molar-refractivity contribution in [1.82, 2.24) is 0 Å². The van der Waals surface area contributed by atoms with E-state index in [0.29, 0.717) is 0 Å². The largest absolute Gasteiger partial charge is 0.370 e. The number of nitrogens with one attached hydrogen (secondary N) is 1. The highest BCUT2D eigenvalue weighted by Crippen LogP contribution is 2.30. The highest BCUT2D eigenvalue weighted by atomic mass is 32.2. The van der Waals surface area contributed by atoms with Crippen LogP contribution in [-0.4, -0.2) is 9.58 Å². The smallest absolute Gasteiger partial charge is 0.107 e. The van der Waals surface area contributed by atoms with Crippen molar-refractivity contribution in [2.45, 2.75) is 23.6 Å². The molecule has 0 amide bonds. The summed E-state index contributed by atoms with van der Waals surface area (Å²) in [4.78, 5) is 0.948. The third-order valence-electron chi connectivity index (χ3n) is 2.05. The summed E-state index contributed by atoms with van der Waals surface area (Å²) in [6.45, 7) is 2.04. The number of para-hydroxylation sites is 1. The van der Waals surface area contributed by atoms with Crippen LogP contribution < -0.4 is 5.32 Å². The normalized spacial score (nSPS) is 26.4. The number of hydrogen-bond donors (Lipinski definition) is 1. The first-order chi connectivity index (χ1) is 5.83. The van der Waals surface area contributed by atoms with Gasteiger partial charge in [-0.25, -0.2) is 0 Å². The van der Waals surface area contributed by atoms with Crippen molar-refractivity contribution in [2.75, 3.05) is 5.32 Å². The van der Waals surface area contributed by atoms with E-state index in [-0.39, 0.29) is 5.37 Å². The third-order valence-corrected chi connectivity index (χ3v) is 3.81. The zero-order valence-electron chi connectivity index (χ0n) is 6.91. The van der Waals surface area contributed by atoms with Gasteiger partial charge in [0.05, 0.1) is 21.4 Å². The Kier molecular flexibility index (Phi) is 1.89. The topological polar surface area (TPSA) is 29.1 Å². The first kappa shape index (κ1) is 7.80. The van der Waals surface area contributed by atoms with Gasteiger partial charge in [0, 0.05) is 0 Å². The zero-order valence-corrected chi connectivity index (χ0v) is 7.73. The van der Waals surface area contributed by atoms with E-state index in [0.717, 1.165) is 17.0 Å². The number of benzene rings is 1. The highest BCUT2D eigenvalue weighted by molar-refractivity contribution is 7.86. The van der Waals surface area contributed by atoms with E-state index in [1.54, 1.807) is 0 Å². The zero-order chi connectivity index (χ0) is 8.55. The van der Waals surface area contributed by atoms with Gasteiger partial charge in [-0.15, -0.1) is 0 Å². The molecule has 0 aliphatic carbocycles. The Morgan fingerprint density at radius 3 is 2.92 bits per heavy atom. The molecular formula is C9H11NOS. The number of fused-ring (bicyclic) bond motifs is 1. The predicted molar refractivity (Wildman–Crippen MR) is 50.6 cm³/mol. The lowest BCUT2D eigenvalue weighted by molar-refractivity contribution is 0.676. The van der Waals surface area contributed by atoms with E-state index in [2.05, 4.69) is 5.32 Å². The lowest BCUT2D eigenvalue weighted by atomic mass is 10.3. The number of anilines is 1. The molecule has 0 saturated heterocycles. The summed E-state index contributed by atoms with van der Waals surface area (Å²) in [6, 6.07) is 7.79. The molecule has 2 nitrogen and oxygen atoms in total. The molecule has 12 heavy (non-hydrogen) atoms. The van der Waals surface area contributed by atoms with Crippen molar-refractivity contribution in [3.63, 3.8) is 0 Å². The van der Waals surface area contributed by atoms with Crippen LogP contribution in [0.4, 0.5) is 5.69 Å². The molecule has 0 aromatic heterocycles. The molecule has 0 spiro atoms. The molecule has 2 rings (SSSR count). The van der Waals surface area contributed by atoms with Gasteiger partial charge < -0.3 is 5.32 Å². The molecule has 0 bridgehead atoms. The van der Waals surface area contributed by atoms with Crippen LogP contribution in [0.15, 0.2) is 29.2 Å². The van der Waals surface area contributed by atoms with Crippen LogP contribution in [0.2, 0.25) is 0 Å². The number of hydrogen-bond acceptors (Lipinski definition) is 2. The molecule has 2 unspecified atom stereocenters. The molecule has 1 aliphatic heterocycles. The molecule has 3 heteroatoms. The average molecular weight is 181 g/mol. The Morgan fingerprint density at radius 2 is 2.25 bits per heavy atom. The van der Waals surface area contributed by atoms with Crippen molar-refractivity contribution in [1.29, 1.82) is 0 Å². The molecule has 0 saturated carbocycles. The molecule has 1 heterocycles. The van der Waals surface area contributed by atoms with Gasteiger partial charge in [-0.05, 0) is 18.6 Å². The molecule has 2 atom stereocenters. The van der Waals surface area contributed by atoms with Gasteiger partial charge in [0.15, 0.2) is 0 Å². The summed E-state index contributed by atoms with van der Waals surface area (Å²) in [7, 11) is -0.847. The third kappa shape index (κ3) is 1.05. The van der Waals surface area contributed by atoms with Gasteiger partial charge in [0.25, 0.3) is 0 Å². The lowest BCUT2D eigenvalue weighted by Gasteiger charge is -2.04. The minimum Gasteiger partial charge on any atom is -0.370 e. The molecule has 1 N–H and O–H groups in total. The first-order valence-electron chi connectivity index (χ1n) is 4.09. The summed E-state index contributed by atoms with van der Waals surface area (Å²) in [6.07, 6.45) is 0.904. The van der Waals surface area contributed by atoms with Crippen LogP contribution in [0.1, 0.15) is 13.3 Å². The molecule has 1 aromatic carbocycles. The van der Waals surface area contributed by atoms with E-state index in [1.165, 1.54) is 0 Å². The van der Waals surface area contributed by atoms with Crippen LogP contribution >= 0.6 is 0 Å². The Bertz CT molecular complexity index is 324. The standard InChI is InChI=1S/C9H11NOS/c1-2-9-10-7-5-3-4-6-8(7)12(9)11/h3-6,9-10H,2H2,1H3. The summed E-state index contributed by atoms with van der Waals surface area (Å²) < 4.78 is 11.7. The van der Waals surface area contributed by atoms with E-state index in [4.69, 9.17) is 0 Å². The quantitative estimate of drug-likeness (QED) is 0.717. The Labute approximate surface area is 74.4 Å². The van der Waals surface area contributed by atoms with E-state index in [9.17, 15) is 4.21 Å². The Hall–Kier alpha value is -0.830. The maximum Gasteiger partial charge on any atom is 0.107 e. The second-order valence-electron chi connectivity index (χ2n) is 2.83. The van der Waals surface area contributed by atoms with Crippen LogP contribution in [0.5, 0.6) is 0 Å². The molecule has 0 fully saturated rings. The summed E-state index contributed by atoms with van der Waals surface area (Å²) >= 11 is 0. The van der Waals surface area contributed by atoms with Crippen molar-refractivity contribution in [2.24, 2.45) is 0 Å². The Morgan fingerprint density at radius 1 is 1.50 bits per heavy atom. The fourth-order valence-electron chi connectivity index (χ4n) is 1.39. The van der Waals surface area contributed by atoms with Gasteiger partial charge in [-0.3, -0.25) is 4.21 Å². The van der Waals surface area contributed by atoms with Gasteiger partial charge in [-0.1, -0.05) is 19.1 Å². The van der Waals surface area contributed by atoms with Gasteiger partial charge in [0.1, 0.15) is 5.37 Å². The number of rotatable bonds is 1.